The third kappa shape index (κ3) is 5.43. The number of H-pyrrole nitrogens is 1. The van der Waals surface area contributed by atoms with E-state index >= 15 is 0 Å². The lowest BCUT2D eigenvalue weighted by molar-refractivity contribution is -0.240. The van der Waals surface area contributed by atoms with Crippen molar-refractivity contribution in [2.24, 2.45) is 5.92 Å². The van der Waals surface area contributed by atoms with Crippen LogP contribution in [0.4, 0.5) is 4.39 Å². The zero-order valence-corrected chi connectivity index (χ0v) is 22.4. The van der Waals surface area contributed by atoms with Crippen molar-refractivity contribution in [2.45, 2.75) is 39.1 Å². The van der Waals surface area contributed by atoms with Crippen molar-refractivity contribution in [2.75, 3.05) is 6.61 Å². The number of carbonyl (C=O) groups is 2. The minimum Gasteiger partial charge on any atom is -0.490 e. The zero-order chi connectivity index (χ0) is 27.7. The fourth-order valence-corrected chi connectivity index (χ4v) is 5.13. The Morgan fingerprint density at radius 1 is 1.03 bits per heavy atom. The molecule has 0 saturated carbocycles. The molecule has 4 aromatic rings. The van der Waals surface area contributed by atoms with Gasteiger partial charge in [0.25, 0.3) is 5.79 Å². The van der Waals surface area contributed by atoms with Gasteiger partial charge in [0.1, 0.15) is 12.4 Å². The first-order chi connectivity index (χ1) is 18.7. The molecule has 2 heterocycles. The predicted molar refractivity (Wildman–Crippen MR) is 143 cm³/mol. The summed E-state index contributed by atoms with van der Waals surface area (Å²) in [6, 6.07) is 17.0. The number of aromatic amines is 1. The summed E-state index contributed by atoms with van der Waals surface area (Å²) in [6.07, 6.45) is 1.76. The number of rotatable bonds is 8. The largest absolute Gasteiger partial charge is 0.490 e. The molecule has 1 fully saturated rings. The van der Waals surface area contributed by atoms with Gasteiger partial charge in [-0.3, -0.25) is 9.59 Å². The first-order valence-corrected chi connectivity index (χ1v) is 12.9. The monoisotopic (exact) mass is 551 g/mol. The lowest BCUT2D eigenvalue weighted by atomic mass is 9.79. The number of halogens is 2. The molecule has 1 aliphatic heterocycles. The smallest absolute Gasteiger partial charge is 0.324 e. The van der Waals surface area contributed by atoms with E-state index in [-0.39, 0.29) is 23.2 Å². The number of hydrogen-bond donors (Lipinski definition) is 1. The standard InChI is InChI=1S/C30H27ClFNO6/c1-4-36-24-14-18(13-22(31)27(24)37-16-17-8-7-9-19(32)12-17)25(21-15-33-23-11-6-5-10-20(21)23)26-28(34)38-30(2,3)39-29(26)35/h5-15,25-26,33H,4,16H2,1-3H3/t25-/m1/s1. The first-order valence-electron chi connectivity index (χ1n) is 12.5. The molecule has 0 radical (unpaired) electrons. The third-order valence-electron chi connectivity index (χ3n) is 6.45. The molecule has 0 amide bonds. The van der Waals surface area contributed by atoms with Crippen molar-refractivity contribution in [3.8, 4) is 11.5 Å². The second kappa shape index (κ2) is 10.6. The number of para-hydroxylation sites is 1. The van der Waals surface area contributed by atoms with Gasteiger partial charge in [0.2, 0.25) is 0 Å². The molecule has 1 N–H and O–H groups in total. The van der Waals surface area contributed by atoms with Crippen molar-refractivity contribution in [1.82, 2.24) is 4.98 Å². The van der Waals surface area contributed by atoms with E-state index in [0.29, 0.717) is 29.0 Å². The Hall–Kier alpha value is -4.04. The minimum atomic E-state index is -1.38. The summed E-state index contributed by atoms with van der Waals surface area (Å²) in [7, 11) is 0. The quantitative estimate of drug-likeness (QED) is 0.198. The van der Waals surface area contributed by atoms with Crippen LogP contribution in [0, 0.1) is 11.7 Å². The highest BCUT2D eigenvalue weighted by Gasteiger charge is 2.49. The molecule has 0 spiro atoms. The van der Waals surface area contributed by atoms with Crippen LogP contribution in [0.2, 0.25) is 5.02 Å². The van der Waals surface area contributed by atoms with E-state index < -0.39 is 29.6 Å². The molecule has 1 aliphatic rings. The number of esters is 2. The van der Waals surface area contributed by atoms with Gasteiger partial charge < -0.3 is 23.9 Å². The van der Waals surface area contributed by atoms with E-state index in [1.54, 1.807) is 30.5 Å². The van der Waals surface area contributed by atoms with Crippen molar-refractivity contribution in [1.29, 1.82) is 0 Å². The highest BCUT2D eigenvalue weighted by Crippen LogP contribution is 2.45. The molecule has 5 rings (SSSR count). The molecule has 9 heteroatoms. The summed E-state index contributed by atoms with van der Waals surface area (Å²) in [5.74, 6) is -4.68. The zero-order valence-electron chi connectivity index (χ0n) is 21.6. The maximum absolute atomic E-state index is 13.7. The van der Waals surface area contributed by atoms with E-state index in [9.17, 15) is 14.0 Å². The van der Waals surface area contributed by atoms with Crippen LogP contribution in [0.3, 0.4) is 0 Å². The first kappa shape index (κ1) is 26.6. The summed E-state index contributed by atoms with van der Waals surface area (Å²) in [4.78, 5) is 29.7. The van der Waals surface area contributed by atoms with E-state index in [1.807, 2.05) is 31.2 Å². The van der Waals surface area contributed by atoms with Gasteiger partial charge in [0, 0.05) is 36.9 Å². The second-order valence-electron chi connectivity index (χ2n) is 9.67. The third-order valence-corrected chi connectivity index (χ3v) is 6.73. The van der Waals surface area contributed by atoms with Crippen LogP contribution in [0.15, 0.2) is 66.9 Å². The number of carbonyl (C=O) groups excluding carboxylic acids is 2. The van der Waals surface area contributed by atoms with Crippen LogP contribution >= 0.6 is 11.6 Å². The number of fused-ring (bicyclic) bond motifs is 1. The Labute approximate surface area is 229 Å². The topological polar surface area (TPSA) is 86.9 Å². The number of hydrogen-bond acceptors (Lipinski definition) is 6. The van der Waals surface area contributed by atoms with Gasteiger partial charge in [-0.05, 0) is 53.9 Å². The number of benzene rings is 3. The normalized spacial score (nSPS) is 16.0. The average molecular weight is 552 g/mol. The molecule has 202 valence electrons. The summed E-state index contributed by atoms with van der Waals surface area (Å²) in [6.45, 7) is 5.18. The minimum absolute atomic E-state index is 0.0547. The van der Waals surface area contributed by atoms with Gasteiger partial charge in [-0.2, -0.15) is 0 Å². The Balaban J connectivity index is 1.61. The van der Waals surface area contributed by atoms with Gasteiger partial charge in [-0.1, -0.05) is 41.9 Å². The molecule has 1 aromatic heterocycles. The SMILES string of the molecule is CCOc1cc([C@H](c2c[nH]c3ccccc23)C2C(=O)OC(C)(C)OC2=O)cc(Cl)c1OCc1cccc(F)c1. The summed E-state index contributed by atoms with van der Waals surface area (Å²) < 4.78 is 36.5. The van der Waals surface area contributed by atoms with Crippen molar-refractivity contribution in [3.05, 3.63) is 94.4 Å². The van der Waals surface area contributed by atoms with Crippen LogP contribution < -0.4 is 9.47 Å². The van der Waals surface area contributed by atoms with Gasteiger partial charge >= 0.3 is 11.9 Å². The maximum atomic E-state index is 13.7. The Morgan fingerprint density at radius 2 is 1.77 bits per heavy atom. The van der Waals surface area contributed by atoms with Gasteiger partial charge in [-0.25, -0.2) is 4.39 Å². The van der Waals surface area contributed by atoms with Crippen molar-refractivity contribution >= 4 is 34.4 Å². The number of nitrogens with one attached hydrogen (secondary N) is 1. The van der Waals surface area contributed by atoms with Crippen LogP contribution in [0.5, 0.6) is 11.5 Å². The molecular weight excluding hydrogens is 525 g/mol. The second-order valence-corrected chi connectivity index (χ2v) is 10.1. The molecule has 0 unspecified atom stereocenters. The molecule has 1 saturated heterocycles. The Morgan fingerprint density at radius 3 is 2.49 bits per heavy atom. The van der Waals surface area contributed by atoms with Gasteiger partial charge in [0.05, 0.1) is 11.6 Å². The average Bonchev–Trinajstić information content (AvgIpc) is 3.29. The van der Waals surface area contributed by atoms with Crippen molar-refractivity contribution < 1.29 is 32.9 Å². The summed E-state index contributed by atoms with van der Waals surface area (Å²) in [5, 5.41) is 1.03. The van der Waals surface area contributed by atoms with E-state index in [2.05, 4.69) is 4.98 Å². The molecule has 7 nitrogen and oxygen atoms in total. The van der Waals surface area contributed by atoms with Gasteiger partial charge in [0.15, 0.2) is 17.4 Å². The number of aromatic nitrogens is 1. The van der Waals surface area contributed by atoms with E-state index in [0.717, 1.165) is 10.9 Å². The lowest BCUT2D eigenvalue weighted by Crippen LogP contribution is -2.48. The van der Waals surface area contributed by atoms with Gasteiger partial charge in [-0.15, -0.1) is 0 Å². The number of cyclic esters (lactones) is 2. The van der Waals surface area contributed by atoms with E-state index in [4.69, 9.17) is 30.5 Å². The summed E-state index contributed by atoms with van der Waals surface area (Å²) >= 11 is 6.73. The summed E-state index contributed by atoms with van der Waals surface area (Å²) in [5.41, 5.74) is 2.67. The Bertz CT molecular complexity index is 1530. The fraction of sp³-hybridized carbons (Fsp3) is 0.267. The van der Waals surface area contributed by atoms with E-state index in [1.165, 1.54) is 26.0 Å². The molecular formula is C30H27ClFNO6. The van der Waals surface area contributed by atoms with Crippen LogP contribution in [0.25, 0.3) is 10.9 Å². The maximum Gasteiger partial charge on any atom is 0.324 e. The predicted octanol–water partition coefficient (Wildman–Crippen LogP) is 6.52. The molecule has 1 atom stereocenters. The highest BCUT2D eigenvalue weighted by atomic mass is 35.5. The molecule has 0 bridgehead atoms. The lowest BCUT2D eigenvalue weighted by Gasteiger charge is -2.36. The van der Waals surface area contributed by atoms with Crippen LogP contribution in [-0.4, -0.2) is 29.3 Å². The van der Waals surface area contributed by atoms with Crippen LogP contribution in [0.1, 0.15) is 43.4 Å². The van der Waals surface area contributed by atoms with Crippen LogP contribution in [-0.2, 0) is 25.7 Å². The molecule has 3 aromatic carbocycles. The Kier molecular flexibility index (Phi) is 7.23. The number of ether oxygens (including phenoxy) is 4. The highest BCUT2D eigenvalue weighted by molar-refractivity contribution is 6.32. The molecule has 0 aliphatic carbocycles. The fourth-order valence-electron chi connectivity index (χ4n) is 4.86. The van der Waals surface area contributed by atoms with Crippen molar-refractivity contribution in [3.63, 3.8) is 0 Å². The molecule has 39 heavy (non-hydrogen) atoms.